The molecule has 0 atom stereocenters. The number of hydrogen-bond donors (Lipinski definition) is 0. The Morgan fingerprint density at radius 3 is 2.36 bits per heavy atom. The molecule has 1 aromatic rings. The zero-order chi connectivity index (χ0) is 8.43. The van der Waals surface area contributed by atoms with Crippen molar-refractivity contribution in [2.24, 2.45) is 0 Å². The van der Waals surface area contributed by atoms with Gasteiger partial charge >= 0.3 is 0 Å². The normalized spacial score (nSPS) is 10.5. The Bertz CT molecular complexity index is 258. The van der Waals surface area contributed by atoms with Gasteiger partial charge in [0.15, 0.2) is 0 Å². The molecule has 0 aliphatic heterocycles. The zero-order valence-electron chi connectivity index (χ0n) is 6.83. The van der Waals surface area contributed by atoms with E-state index < -0.39 is 0 Å². The fourth-order valence-electron chi connectivity index (χ4n) is 0.823. The lowest BCUT2D eigenvalue weighted by Gasteiger charge is -2.06. The van der Waals surface area contributed by atoms with E-state index in [0.717, 1.165) is 5.69 Å². The van der Waals surface area contributed by atoms with Crippen LogP contribution >= 0.6 is 0 Å². The molecule has 1 heterocycles. The number of rotatable bonds is 1. The molecule has 1 nitrogen and oxygen atoms in total. The standard InChI is InChI=1S/C8H9B2N/c1-5(2)7-4-3-6(9)8(10)11-7/h3-5H,1-2H3. The van der Waals surface area contributed by atoms with Gasteiger partial charge in [-0.25, -0.2) is 0 Å². The van der Waals surface area contributed by atoms with Crippen LogP contribution in [-0.2, 0) is 0 Å². The molecular formula is C8H9B2N. The van der Waals surface area contributed by atoms with Crippen LogP contribution in [0.25, 0.3) is 0 Å². The van der Waals surface area contributed by atoms with Gasteiger partial charge in [0.2, 0.25) is 0 Å². The Morgan fingerprint density at radius 2 is 1.91 bits per heavy atom. The predicted octanol–water partition coefficient (Wildman–Crippen LogP) is -0.207. The van der Waals surface area contributed by atoms with Gasteiger partial charge in [0.1, 0.15) is 15.7 Å². The Labute approximate surface area is 70.0 Å². The van der Waals surface area contributed by atoms with Crippen LogP contribution in [-0.4, -0.2) is 20.7 Å². The number of pyridine rings is 1. The van der Waals surface area contributed by atoms with Crippen molar-refractivity contribution in [3.05, 3.63) is 17.8 Å². The summed E-state index contributed by atoms with van der Waals surface area (Å²) in [6, 6.07) is 3.69. The Morgan fingerprint density at radius 1 is 1.27 bits per heavy atom. The lowest BCUT2D eigenvalue weighted by molar-refractivity contribution is 0.828. The van der Waals surface area contributed by atoms with Crippen LogP contribution in [0.3, 0.4) is 0 Å². The van der Waals surface area contributed by atoms with Crippen LogP contribution < -0.4 is 11.1 Å². The molecule has 0 bridgehead atoms. The molecule has 0 spiro atoms. The Hall–Kier alpha value is -0.720. The second-order valence-corrected chi connectivity index (χ2v) is 2.87. The maximum atomic E-state index is 5.52. The van der Waals surface area contributed by atoms with Gasteiger partial charge in [-0.15, -0.1) is 0 Å². The van der Waals surface area contributed by atoms with E-state index >= 15 is 0 Å². The summed E-state index contributed by atoms with van der Waals surface area (Å²) in [6.07, 6.45) is 0. The van der Waals surface area contributed by atoms with E-state index in [1.54, 1.807) is 6.07 Å². The van der Waals surface area contributed by atoms with E-state index in [4.69, 9.17) is 15.7 Å². The summed E-state index contributed by atoms with van der Waals surface area (Å²) < 4.78 is 0. The van der Waals surface area contributed by atoms with Gasteiger partial charge in [-0.05, 0) is 17.6 Å². The van der Waals surface area contributed by atoms with Gasteiger partial charge in [-0.2, -0.15) is 0 Å². The highest BCUT2D eigenvalue weighted by Gasteiger charge is 2.00. The Kier molecular flexibility index (Phi) is 2.38. The molecule has 0 aromatic carbocycles. The first kappa shape index (κ1) is 8.38. The summed E-state index contributed by atoms with van der Waals surface area (Å²) >= 11 is 0. The lowest BCUT2D eigenvalue weighted by atomic mass is 9.85. The quantitative estimate of drug-likeness (QED) is 0.493. The molecule has 0 fully saturated rings. The van der Waals surface area contributed by atoms with Crippen LogP contribution in [0.4, 0.5) is 0 Å². The van der Waals surface area contributed by atoms with Gasteiger partial charge in [-0.1, -0.05) is 25.4 Å². The monoisotopic (exact) mass is 141 g/mol. The van der Waals surface area contributed by atoms with Gasteiger partial charge < -0.3 is 0 Å². The van der Waals surface area contributed by atoms with Gasteiger partial charge in [-0.3, -0.25) is 4.98 Å². The van der Waals surface area contributed by atoms with Crippen molar-refractivity contribution in [3.8, 4) is 0 Å². The van der Waals surface area contributed by atoms with Crippen molar-refractivity contribution in [2.75, 3.05) is 0 Å². The second-order valence-electron chi connectivity index (χ2n) is 2.87. The minimum absolute atomic E-state index is 0.401. The van der Waals surface area contributed by atoms with Crippen LogP contribution in [0, 0.1) is 0 Å². The van der Waals surface area contributed by atoms with E-state index in [0.29, 0.717) is 17.0 Å². The van der Waals surface area contributed by atoms with E-state index in [-0.39, 0.29) is 0 Å². The van der Waals surface area contributed by atoms with E-state index in [9.17, 15) is 0 Å². The summed E-state index contributed by atoms with van der Waals surface area (Å²) in [4.78, 5) is 4.12. The average Bonchev–Trinajstić information content (AvgIpc) is 1.94. The number of aromatic nitrogens is 1. The molecular weight excluding hydrogens is 132 g/mol. The maximum Gasteiger partial charge on any atom is 0.140 e. The summed E-state index contributed by atoms with van der Waals surface area (Å²) in [5.74, 6) is 0.401. The third-order valence-corrected chi connectivity index (χ3v) is 1.57. The minimum atomic E-state index is 0.401. The summed E-state index contributed by atoms with van der Waals surface area (Å²) in [6.45, 7) is 4.13. The van der Waals surface area contributed by atoms with Crippen molar-refractivity contribution in [1.82, 2.24) is 4.98 Å². The zero-order valence-corrected chi connectivity index (χ0v) is 6.83. The van der Waals surface area contributed by atoms with Crippen LogP contribution in [0.2, 0.25) is 0 Å². The highest BCUT2D eigenvalue weighted by Crippen LogP contribution is 2.07. The van der Waals surface area contributed by atoms with Crippen molar-refractivity contribution in [1.29, 1.82) is 0 Å². The maximum absolute atomic E-state index is 5.52. The van der Waals surface area contributed by atoms with E-state index in [1.165, 1.54) is 0 Å². The fourth-order valence-corrected chi connectivity index (χ4v) is 0.823. The van der Waals surface area contributed by atoms with Crippen molar-refractivity contribution in [3.63, 3.8) is 0 Å². The van der Waals surface area contributed by atoms with Gasteiger partial charge in [0, 0.05) is 5.69 Å². The van der Waals surface area contributed by atoms with Crippen LogP contribution in [0.1, 0.15) is 25.5 Å². The molecule has 0 saturated carbocycles. The topological polar surface area (TPSA) is 12.9 Å². The summed E-state index contributed by atoms with van der Waals surface area (Å²) in [7, 11) is 11.0. The van der Waals surface area contributed by atoms with E-state index in [2.05, 4.69) is 18.8 Å². The first-order valence-corrected chi connectivity index (χ1v) is 3.63. The van der Waals surface area contributed by atoms with Crippen molar-refractivity contribution < 1.29 is 0 Å². The SMILES string of the molecule is [B]c1ccc(C(C)C)nc1[B]. The molecule has 11 heavy (non-hydrogen) atoms. The van der Waals surface area contributed by atoms with Gasteiger partial charge in [0.05, 0.1) is 0 Å². The van der Waals surface area contributed by atoms with Crippen molar-refractivity contribution in [2.45, 2.75) is 19.8 Å². The van der Waals surface area contributed by atoms with Crippen LogP contribution in [0.5, 0.6) is 0 Å². The molecule has 0 saturated heterocycles. The lowest BCUT2D eigenvalue weighted by Crippen LogP contribution is -2.29. The molecule has 0 amide bonds. The average molecular weight is 141 g/mol. The molecule has 1 aromatic heterocycles. The van der Waals surface area contributed by atoms with E-state index in [1.807, 2.05) is 6.07 Å². The third-order valence-electron chi connectivity index (χ3n) is 1.57. The molecule has 0 aliphatic carbocycles. The molecule has 0 unspecified atom stereocenters. The second kappa shape index (κ2) is 3.12. The highest BCUT2D eigenvalue weighted by atomic mass is 14.7. The first-order valence-electron chi connectivity index (χ1n) is 3.63. The molecule has 0 N–H and O–H groups in total. The largest absolute Gasteiger partial charge is 0.270 e. The first-order chi connectivity index (χ1) is 5.11. The smallest absolute Gasteiger partial charge is 0.140 e. The Balaban J connectivity index is 3.05. The fraction of sp³-hybridized carbons (Fsp3) is 0.375. The summed E-state index contributed by atoms with van der Waals surface area (Å²) in [5.41, 5.74) is 1.96. The highest BCUT2D eigenvalue weighted by molar-refractivity contribution is 6.47. The predicted molar refractivity (Wildman–Crippen MR) is 49.1 cm³/mol. The molecule has 1 rings (SSSR count). The molecule has 4 radical (unpaired) electrons. The van der Waals surface area contributed by atoms with Crippen LogP contribution in [0.15, 0.2) is 12.1 Å². The number of hydrogen-bond acceptors (Lipinski definition) is 1. The van der Waals surface area contributed by atoms with Gasteiger partial charge in [0.25, 0.3) is 0 Å². The van der Waals surface area contributed by atoms with Crippen molar-refractivity contribution >= 4 is 26.7 Å². The molecule has 3 heteroatoms. The minimum Gasteiger partial charge on any atom is -0.270 e. The summed E-state index contributed by atoms with van der Waals surface area (Å²) in [5, 5.41) is 0. The molecule has 52 valence electrons. The third kappa shape index (κ3) is 1.86. The molecule has 0 aliphatic rings. The number of nitrogens with zero attached hydrogens (tertiary/aromatic N) is 1.